The topological polar surface area (TPSA) is 76.9 Å². The lowest BCUT2D eigenvalue weighted by molar-refractivity contribution is 0.415. The highest BCUT2D eigenvalue weighted by Crippen LogP contribution is 2.31. The normalized spacial score (nSPS) is 10.3. The molecular formula is C12H18N6O. The van der Waals surface area contributed by atoms with Gasteiger partial charge in [-0.15, -0.1) is 0 Å². The monoisotopic (exact) mass is 262 g/mol. The molecule has 0 saturated heterocycles. The molecule has 2 N–H and O–H groups in total. The predicted molar refractivity (Wildman–Crippen MR) is 74.0 cm³/mol. The molecule has 0 amide bonds. The van der Waals surface area contributed by atoms with Crippen LogP contribution in [0, 0.1) is 0 Å². The number of methoxy groups -OCH3 is 1. The molecule has 0 spiro atoms. The van der Waals surface area contributed by atoms with Gasteiger partial charge in [0, 0.05) is 20.3 Å². The fraction of sp³-hybridized carbons (Fsp3) is 0.417. The van der Waals surface area contributed by atoms with E-state index in [2.05, 4.69) is 32.6 Å². The minimum Gasteiger partial charge on any atom is -0.490 e. The molecule has 7 nitrogen and oxygen atoms in total. The molecule has 0 aliphatic heterocycles. The molecule has 0 saturated carbocycles. The number of ether oxygens (including phenoxy) is 1. The maximum atomic E-state index is 5.34. The fourth-order valence-corrected chi connectivity index (χ4v) is 1.86. The molecule has 102 valence electrons. The summed E-state index contributed by atoms with van der Waals surface area (Å²) in [7, 11) is 5.27. The van der Waals surface area contributed by atoms with Crippen LogP contribution in [0.25, 0.3) is 0 Å². The molecule has 0 atom stereocenters. The van der Waals surface area contributed by atoms with E-state index in [1.54, 1.807) is 18.8 Å². The number of anilines is 3. The van der Waals surface area contributed by atoms with E-state index in [-0.39, 0.29) is 0 Å². The average Bonchev–Trinajstić information content (AvgIpc) is 2.78. The van der Waals surface area contributed by atoms with Gasteiger partial charge in [-0.05, 0) is 6.42 Å². The number of nitrogens with one attached hydrogen (secondary N) is 2. The Bertz CT molecular complexity index is 565. The van der Waals surface area contributed by atoms with Crippen LogP contribution in [0.5, 0.6) is 5.75 Å². The zero-order chi connectivity index (χ0) is 13.8. The van der Waals surface area contributed by atoms with Crippen LogP contribution in [0.2, 0.25) is 0 Å². The van der Waals surface area contributed by atoms with Gasteiger partial charge in [0.2, 0.25) is 5.75 Å². The van der Waals surface area contributed by atoms with E-state index in [4.69, 9.17) is 4.74 Å². The largest absolute Gasteiger partial charge is 0.490 e. The third-order valence-electron chi connectivity index (χ3n) is 2.74. The maximum absolute atomic E-state index is 5.34. The molecule has 0 aromatic carbocycles. The van der Waals surface area contributed by atoms with Crippen molar-refractivity contribution in [3.8, 4) is 5.75 Å². The Balaban J connectivity index is 2.37. The molecule has 0 aliphatic rings. The molecule has 2 aromatic heterocycles. The van der Waals surface area contributed by atoms with Crippen LogP contribution in [-0.4, -0.2) is 33.9 Å². The lowest BCUT2D eigenvalue weighted by Crippen LogP contribution is -2.03. The van der Waals surface area contributed by atoms with E-state index >= 15 is 0 Å². The van der Waals surface area contributed by atoms with Crippen molar-refractivity contribution in [2.45, 2.75) is 13.3 Å². The van der Waals surface area contributed by atoms with Gasteiger partial charge in [0.25, 0.3) is 0 Å². The van der Waals surface area contributed by atoms with Crippen LogP contribution < -0.4 is 15.4 Å². The first kappa shape index (κ1) is 13.1. The summed E-state index contributed by atoms with van der Waals surface area (Å²) in [5, 5.41) is 10.6. The van der Waals surface area contributed by atoms with Crippen molar-refractivity contribution in [3.63, 3.8) is 0 Å². The summed E-state index contributed by atoms with van der Waals surface area (Å²) in [5.41, 5.74) is 1.90. The SMILES string of the molecule is CCc1nn(C)cc1Nc1ncnc(NC)c1OC. The number of hydrogen-bond acceptors (Lipinski definition) is 6. The summed E-state index contributed by atoms with van der Waals surface area (Å²) in [5.74, 6) is 1.84. The zero-order valence-corrected chi connectivity index (χ0v) is 11.6. The van der Waals surface area contributed by atoms with E-state index < -0.39 is 0 Å². The van der Waals surface area contributed by atoms with Crippen LogP contribution >= 0.6 is 0 Å². The molecule has 0 unspecified atom stereocenters. The highest BCUT2D eigenvalue weighted by Gasteiger charge is 2.13. The summed E-state index contributed by atoms with van der Waals surface area (Å²) >= 11 is 0. The third kappa shape index (κ3) is 2.59. The van der Waals surface area contributed by atoms with Gasteiger partial charge in [-0.1, -0.05) is 6.92 Å². The van der Waals surface area contributed by atoms with Gasteiger partial charge in [0.05, 0.1) is 18.5 Å². The zero-order valence-electron chi connectivity index (χ0n) is 11.6. The van der Waals surface area contributed by atoms with Crippen molar-refractivity contribution < 1.29 is 4.74 Å². The van der Waals surface area contributed by atoms with Gasteiger partial charge in [-0.2, -0.15) is 5.10 Å². The van der Waals surface area contributed by atoms with Gasteiger partial charge in [0.1, 0.15) is 6.33 Å². The van der Waals surface area contributed by atoms with Crippen LogP contribution in [-0.2, 0) is 13.5 Å². The number of rotatable bonds is 5. The Morgan fingerprint density at radius 3 is 2.68 bits per heavy atom. The lowest BCUT2D eigenvalue weighted by atomic mass is 10.3. The summed E-state index contributed by atoms with van der Waals surface area (Å²) < 4.78 is 7.11. The summed E-state index contributed by atoms with van der Waals surface area (Å²) in [6, 6.07) is 0. The standard InChI is InChI=1S/C12H18N6O/c1-5-8-9(6-18(3)17-8)16-12-10(19-4)11(13-2)14-7-15-12/h6-7H,5H2,1-4H3,(H2,13,14,15,16). The Hall–Kier alpha value is -2.31. The second-order valence-corrected chi connectivity index (χ2v) is 4.00. The number of aryl methyl sites for hydroxylation is 2. The number of aromatic nitrogens is 4. The first-order chi connectivity index (χ1) is 9.19. The minimum atomic E-state index is 0.580. The molecule has 0 bridgehead atoms. The first-order valence-electron chi connectivity index (χ1n) is 6.05. The Kier molecular flexibility index (Phi) is 3.84. The van der Waals surface area contributed by atoms with E-state index in [9.17, 15) is 0 Å². The number of nitrogens with zero attached hydrogens (tertiary/aromatic N) is 4. The summed E-state index contributed by atoms with van der Waals surface area (Å²) in [4.78, 5) is 8.32. The van der Waals surface area contributed by atoms with E-state index in [0.717, 1.165) is 17.8 Å². The molecular weight excluding hydrogens is 244 g/mol. The van der Waals surface area contributed by atoms with Gasteiger partial charge in [0.15, 0.2) is 11.6 Å². The second kappa shape index (κ2) is 5.55. The summed E-state index contributed by atoms with van der Waals surface area (Å²) in [6.07, 6.45) is 4.24. The second-order valence-electron chi connectivity index (χ2n) is 4.00. The molecule has 19 heavy (non-hydrogen) atoms. The van der Waals surface area contributed by atoms with Crippen LogP contribution in [0.3, 0.4) is 0 Å². The van der Waals surface area contributed by atoms with Gasteiger partial charge in [-0.25, -0.2) is 9.97 Å². The summed E-state index contributed by atoms with van der Waals surface area (Å²) in [6.45, 7) is 2.06. The Morgan fingerprint density at radius 2 is 2.05 bits per heavy atom. The fourth-order valence-electron chi connectivity index (χ4n) is 1.86. The highest BCUT2D eigenvalue weighted by atomic mass is 16.5. The van der Waals surface area contributed by atoms with E-state index in [1.807, 2.05) is 13.2 Å². The average molecular weight is 262 g/mol. The van der Waals surface area contributed by atoms with Crippen molar-refractivity contribution in [2.24, 2.45) is 7.05 Å². The van der Waals surface area contributed by atoms with Gasteiger partial charge < -0.3 is 15.4 Å². The van der Waals surface area contributed by atoms with Crippen molar-refractivity contribution in [1.82, 2.24) is 19.7 Å². The first-order valence-corrected chi connectivity index (χ1v) is 6.05. The minimum absolute atomic E-state index is 0.580. The predicted octanol–water partition coefficient (Wildman–Crippen LogP) is 1.57. The molecule has 7 heteroatoms. The lowest BCUT2D eigenvalue weighted by Gasteiger charge is -2.12. The Morgan fingerprint density at radius 1 is 1.32 bits per heavy atom. The molecule has 2 rings (SSSR count). The molecule has 2 heterocycles. The van der Waals surface area contributed by atoms with Gasteiger partial charge in [-0.3, -0.25) is 4.68 Å². The third-order valence-corrected chi connectivity index (χ3v) is 2.74. The van der Waals surface area contributed by atoms with Crippen molar-refractivity contribution in [1.29, 1.82) is 0 Å². The maximum Gasteiger partial charge on any atom is 0.204 e. The van der Waals surface area contributed by atoms with Crippen molar-refractivity contribution >= 4 is 17.3 Å². The molecule has 0 aliphatic carbocycles. The van der Waals surface area contributed by atoms with Crippen molar-refractivity contribution in [3.05, 3.63) is 18.2 Å². The van der Waals surface area contributed by atoms with Crippen LogP contribution in [0.15, 0.2) is 12.5 Å². The number of hydrogen-bond donors (Lipinski definition) is 2. The molecule has 0 radical (unpaired) electrons. The molecule has 0 fully saturated rings. The quantitative estimate of drug-likeness (QED) is 0.851. The Labute approximate surface area is 112 Å². The van der Waals surface area contributed by atoms with Gasteiger partial charge >= 0.3 is 0 Å². The van der Waals surface area contributed by atoms with E-state index in [0.29, 0.717) is 17.4 Å². The van der Waals surface area contributed by atoms with Crippen LogP contribution in [0.1, 0.15) is 12.6 Å². The van der Waals surface area contributed by atoms with E-state index in [1.165, 1.54) is 6.33 Å². The highest BCUT2D eigenvalue weighted by molar-refractivity contribution is 5.69. The smallest absolute Gasteiger partial charge is 0.204 e. The molecule has 2 aromatic rings. The van der Waals surface area contributed by atoms with Crippen molar-refractivity contribution in [2.75, 3.05) is 24.8 Å². The van der Waals surface area contributed by atoms with Crippen LogP contribution in [0.4, 0.5) is 17.3 Å².